The Morgan fingerprint density at radius 3 is 2.75 bits per heavy atom. The molecule has 108 valence electrons. The molecule has 1 aliphatic heterocycles. The highest BCUT2D eigenvalue weighted by Crippen LogP contribution is 2.35. The number of hydrogen-bond acceptors (Lipinski definition) is 5. The maximum absolute atomic E-state index is 12.6. The molecule has 7 heteroatoms. The zero-order valence-electron chi connectivity index (χ0n) is 11.6. The number of aromatic nitrogens is 2. The highest BCUT2D eigenvalue weighted by atomic mass is 16.5. The van der Waals surface area contributed by atoms with Crippen molar-refractivity contribution in [1.29, 1.82) is 0 Å². The molecule has 1 saturated heterocycles. The van der Waals surface area contributed by atoms with Crippen LogP contribution in [-0.4, -0.2) is 38.9 Å². The molecule has 0 spiro atoms. The van der Waals surface area contributed by atoms with Crippen LogP contribution in [0, 0.1) is 11.8 Å². The molecule has 0 radical (unpaired) electrons. The van der Waals surface area contributed by atoms with Gasteiger partial charge in [0.05, 0.1) is 6.54 Å². The molecule has 3 rings (SSSR count). The van der Waals surface area contributed by atoms with Crippen molar-refractivity contribution in [3.63, 3.8) is 0 Å². The van der Waals surface area contributed by atoms with Crippen LogP contribution in [-0.2, 0) is 16.1 Å². The predicted molar refractivity (Wildman–Crippen MR) is 68.1 cm³/mol. The van der Waals surface area contributed by atoms with Crippen molar-refractivity contribution in [2.45, 2.75) is 45.3 Å². The lowest BCUT2D eigenvalue weighted by atomic mass is 9.95. The molecule has 0 bridgehead atoms. The molecule has 2 aliphatic rings. The van der Waals surface area contributed by atoms with E-state index in [4.69, 9.17) is 4.52 Å². The zero-order valence-corrected chi connectivity index (χ0v) is 11.6. The molecule has 1 saturated carbocycles. The standard InChI is InChI=1S/C13H18N4O3/c1-7(2)11-12(18)15-10(8-3-4-8)13(19)17(11)5-9-14-6-20-16-9/h6-8,10-11H,3-5H2,1-2H3,(H,15,18). The van der Waals surface area contributed by atoms with Crippen molar-refractivity contribution in [2.75, 3.05) is 0 Å². The SMILES string of the molecule is CC(C)C1C(=O)NC(C2CC2)C(=O)N1Cc1ncon1. The Morgan fingerprint density at radius 1 is 1.45 bits per heavy atom. The average Bonchev–Trinajstić information content (AvgIpc) is 3.11. The summed E-state index contributed by atoms with van der Waals surface area (Å²) in [4.78, 5) is 30.5. The van der Waals surface area contributed by atoms with E-state index in [0.717, 1.165) is 12.8 Å². The van der Waals surface area contributed by atoms with Gasteiger partial charge in [-0.2, -0.15) is 4.98 Å². The van der Waals surface area contributed by atoms with Crippen LogP contribution in [0.5, 0.6) is 0 Å². The molecule has 20 heavy (non-hydrogen) atoms. The molecule has 1 aromatic heterocycles. The van der Waals surface area contributed by atoms with E-state index in [1.54, 1.807) is 4.90 Å². The lowest BCUT2D eigenvalue weighted by molar-refractivity contribution is -0.152. The fraction of sp³-hybridized carbons (Fsp3) is 0.692. The Hall–Kier alpha value is -1.92. The molecule has 2 fully saturated rings. The van der Waals surface area contributed by atoms with Gasteiger partial charge >= 0.3 is 0 Å². The molecule has 1 aliphatic carbocycles. The first-order valence-corrected chi connectivity index (χ1v) is 6.94. The second kappa shape index (κ2) is 4.88. The molecule has 2 atom stereocenters. The minimum atomic E-state index is -0.476. The van der Waals surface area contributed by atoms with Crippen molar-refractivity contribution in [1.82, 2.24) is 20.4 Å². The summed E-state index contributed by atoms with van der Waals surface area (Å²) in [5.74, 6) is 0.627. The number of carbonyl (C=O) groups is 2. The van der Waals surface area contributed by atoms with E-state index in [1.165, 1.54) is 6.39 Å². The first-order valence-electron chi connectivity index (χ1n) is 6.94. The summed E-state index contributed by atoms with van der Waals surface area (Å²) in [6.07, 6.45) is 3.23. The Labute approximate surface area is 116 Å². The van der Waals surface area contributed by atoms with E-state index < -0.39 is 6.04 Å². The van der Waals surface area contributed by atoms with Crippen LogP contribution in [0.25, 0.3) is 0 Å². The summed E-state index contributed by atoms with van der Waals surface area (Å²) in [6, 6.07) is -0.861. The molecule has 0 aromatic carbocycles. The molecule has 2 unspecified atom stereocenters. The van der Waals surface area contributed by atoms with E-state index in [0.29, 0.717) is 5.82 Å². The number of nitrogens with zero attached hydrogens (tertiary/aromatic N) is 3. The number of carbonyl (C=O) groups excluding carboxylic acids is 2. The fourth-order valence-electron chi connectivity index (χ4n) is 2.76. The van der Waals surface area contributed by atoms with Crippen LogP contribution in [0.1, 0.15) is 32.5 Å². The van der Waals surface area contributed by atoms with Crippen molar-refractivity contribution in [2.24, 2.45) is 11.8 Å². The largest absolute Gasteiger partial charge is 0.343 e. The third kappa shape index (κ3) is 2.28. The van der Waals surface area contributed by atoms with Gasteiger partial charge in [-0.05, 0) is 24.7 Å². The first kappa shape index (κ1) is 13.1. The Balaban J connectivity index is 1.86. The van der Waals surface area contributed by atoms with Crippen LogP contribution in [0.2, 0.25) is 0 Å². The predicted octanol–water partition coefficient (Wildman–Crippen LogP) is 0.331. The minimum absolute atomic E-state index is 0.0319. The van der Waals surface area contributed by atoms with Gasteiger partial charge in [0, 0.05) is 0 Å². The quantitative estimate of drug-likeness (QED) is 0.857. The van der Waals surface area contributed by atoms with Crippen LogP contribution >= 0.6 is 0 Å². The van der Waals surface area contributed by atoms with Gasteiger partial charge in [0.1, 0.15) is 12.1 Å². The lowest BCUT2D eigenvalue weighted by Gasteiger charge is -2.40. The molecule has 2 amide bonds. The maximum atomic E-state index is 12.6. The van der Waals surface area contributed by atoms with Gasteiger partial charge in [-0.25, -0.2) is 0 Å². The van der Waals surface area contributed by atoms with Gasteiger partial charge in [-0.15, -0.1) is 0 Å². The van der Waals surface area contributed by atoms with Crippen LogP contribution in [0.3, 0.4) is 0 Å². The van der Waals surface area contributed by atoms with Crippen LogP contribution < -0.4 is 5.32 Å². The third-order valence-corrected chi connectivity index (χ3v) is 3.89. The third-order valence-electron chi connectivity index (χ3n) is 3.89. The van der Waals surface area contributed by atoms with Gasteiger partial charge in [0.15, 0.2) is 5.82 Å². The van der Waals surface area contributed by atoms with Gasteiger partial charge < -0.3 is 14.7 Å². The summed E-state index contributed by atoms with van der Waals surface area (Å²) in [7, 11) is 0. The van der Waals surface area contributed by atoms with Crippen LogP contribution in [0.4, 0.5) is 0 Å². The van der Waals surface area contributed by atoms with Crippen molar-refractivity contribution < 1.29 is 14.1 Å². The molecular formula is C13H18N4O3. The molecule has 1 aromatic rings. The second-order valence-electron chi connectivity index (χ2n) is 5.83. The zero-order chi connectivity index (χ0) is 14.3. The number of hydrogen-bond donors (Lipinski definition) is 1. The Bertz CT molecular complexity index is 510. The van der Waals surface area contributed by atoms with Crippen LogP contribution in [0.15, 0.2) is 10.9 Å². The number of nitrogens with one attached hydrogen (secondary N) is 1. The van der Waals surface area contributed by atoms with Crippen molar-refractivity contribution in [3.05, 3.63) is 12.2 Å². The smallest absolute Gasteiger partial charge is 0.246 e. The number of piperazine rings is 1. The number of amides is 2. The summed E-state index contributed by atoms with van der Waals surface area (Å²) < 4.78 is 4.70. The number of rotatable bonds is 4. The van der Waals surface area contributed by atoms with Gasteiger partial charge in [0.2, 0.25) is 18.2 Å². The van der Waals surface area contributed by atoms with E-state index in [1.807, 2.05) is 13.8 Å². The molecule has 7 nitrogen and oxygen atoms in total. The Kier molecular flexibility index (Phi) is 3.19. The lowest BCUT2D eigenvalue weighted by Crippen LogP contribution is -2.65. The van der Waals surface area contributed by atoms with E-state index in [2.05, 4.69) is 15.5 Å². The minimum Gasteiger partial charge on any atom is -0.343 e. The summed E-state index contributed by atoms with van der Waals surface area (Å²) in [5.41, 5.74) is 0. The highest BCUT2D eigenvalue weighted by Gasteiger charge is 2.47. The normalized spacial score (nSPS) is 27.1. The molecular weight excluding hydrogens is 260 g/mol. The second-order valence-corrected chi connectivity index (χ2v) is 5.83. The van der Waals surface area contributed by atoms with Gasteiger partial charge in [-0.3, -0.25) is 9.59 Å². The monoisotopic (exact) mass is 278 g/mol. The fourth-order valence-corrected chi connectivity index (χ4v) is 2.76. The van der Waals surface area contributed by atoms with Gasteiger partial charge in [-0.1, -0.05) is 19.0 Å². The maximum Gasteiger partial charge on any atom is 0.246 e. The summed E-state index contributed by atoms with van der Waals surface area (Å²) in [6.45, 7) is 4.07. The summed E-state index contributed by atoms with van der Waals surface area (Å²) in [5, 5.41) is 6.61. The average molecular weight is 278 g/mol. The summed E-state index contributed by atoms with van der Waals surface area (Å²) >= 11 is 0. The van der Waals surface area contributed by atoms with E-state index in [9.17, 15) is 9.59 Å². The molecule has 2 heterocycles. The van der Waals surface area contributed by atoms with E-state index >= 15 is 0 Å². The highest BCUT2D eigenvalue weighted by molar-refractivity contribution is 5.97. The van der Waals surface area contributed by atoms with Crippen molar-refractivity contribution >= 4 is 11.8 Å². The first-order chi connectivity index (χ1) is 9.58. The van der Waals surface area contributed by atoms with Crippen molar-refractivity contribution in [3.8, 4) is 0 Å². The van der Waals surface area contributed by atoms with E-state index in [-0.39, 0.29) is 36.2 Å². The van der Waals surface area contributed by atoms with Gasteiger partial charge in [0.25, 0.3) is 0 Å². The Morgan fingerprint density at radius 2 is 2.20 bits per heavy atom. The topological polar surface area (TPSA) is 88.3 Å². The molecule has 1 N–H and O–H groups in total.